The molecule has 104 valence electrons. The van der Waals surface area contributed by atoms with E-state index < -0.39 is 11.6 Å². The van der Waals surface area contributed by atoms with Crippen LogP contribution in [0.25, 0.3) is 0 Å². The molecule has 0 aliphatic heterocycles. The molecule has 0 aliphatic rings. The summed E-state index contributed by atoms with van der Waals surface area (Å²) < 4.78 is 27.7. The highest BCUT2D eigenvalue weighted by atomic mass is 35.5. The van der Waals surface area contributed by atoms with E-state index in [1.54, 1.807) is 18.2 Å². The Morgan fingerprint density at radius 1 is 1.15 bits per heavy atom. The second-order valence-electron chi connectivity index (χ2n) is 4.24. The van der Waals surface area contributed by atoms with Gasteiger partial charge in [0.15, 0.2) is 11.6 Å². The van der Waals surface area contributed by atoms with Crippen LogP contribution in [-0.2, 0) is 0 Å². The van der Waals surface area contributed by atoms with Crippen LogP contribution in [0.5, 0.6) is 0 Å². The summed E-state index contributed by atoms with van der Waals surface area (Å²) in [6, 6.07) is 7.85. The molecule has 0 unspecified atom stereocenters. The lowest BCUT2D eigenvalue weighted by Gasteiger charge is -2.12. The Morgan fingerprint density at radius 3 is 2.50 bits per heavy atom. The maximum atomic E-state index is 14.0. The number of benzene rings is 2. The molecule has 0 aliphatic carbocycles. The lowest BCUT2D eigenvalue weighted by molar-refractivity contribution is 0.510. The zero-order chi connectivity index (χ0) is 14.9. The molecule has 0 fully saturated rings. The number of nitrogens with one attached hydrogen (secondary N) is 1. The molecule has 0 heterocycles. The lowest BCUT2D eigenvalue weighted by atomic mass is 10.1. The van der Waals surface area contributed by atoms with Gasteiger partial charge < -0.3 is 11.1 Å². The number of aryl methyl sites for hydroxylation is 1. The third-order valence-corrected chi connectivity index (χ3v) is 3.27. The van der Waals surface area contributed by atoms with Crippen LogP contribution >= 0.6 is 23.8 Å². The molecular weight excluding hydrogens is 302 g/mol. The first kappa shape index (κ1) is 14.7. The van der Waals surface area contributed by atoms with Gasteiger partial charge in [0.2, 0.25) is 0 Å². The van der Waals surface area contributed by atoms with Gasteiger partial charge in [0.25, 0.3) is 0 Å². The number of thiocarbonyl (C=S) groups is 1. The standard InChI is InChI=1S/C14H11ClF2N2S/c1-7-2-3-8(15)6-11(7)19-10-5-4-9(14(18)20)12(16)13(10)17/h2-6,19H,1H3,(H2,18,20). The number of nitrogens with two attached hydrogens (primary N) is 1. The fraction of sp³-hybridized carbons (Fsp3) is 0.0714. The van der Waals surface area contributed by atoms with Crippen LogP contribution in [0.4, 0.5) is 20.2 Å². The Bertz CT molecular complexity index is 689. The minimum Gasteiger partial charge on any atom is -0.389 e. The first-order valence-corrected chi connectivity index (χ1v) is 6.49. The van der Waals surface area contributed by atoms with Gasteiger partial charge in [0.05, 0.1) is 5.69 Å². The highest BCUT2D eigenvalue weighted by Gasteiger charge is 2.15. The number of halogens is 3. The average molecular weight is 313 g/mol. The molecule has 20 heavy (non-hydrogen) atoms. The predicted octanol–water partition coefficient (Wildman–Crippen LogP) is 4.30. The van der Waals surface area contributed by atoms with E-state index in [1.165, 1.54) is 12.1 Å². The van der Waals surface area contributed by atoms with Crippen molar-refractivity contribution in [3.05, 3.63) is 58.1 Å². The molecule has 0 spiro atoms. The Morgan fingerprint density at radius 2 is 1.85 bits per heavy atom. The van der Waals surface area contributed by atoms with Crippen LogP contribution in [0.1, 0.15) is 11.1 Å². The molecule has 0 radical (unpaired) electrons. The third kappa shape index (κ3) is 2.89. The van der Waals surface area contributed by atoms with Crippen molar-refractivity contribution in [3.63, 3.8) is 0 Å². The van der Waals surface area contributed by atoms with Crippen molar-refractivity contribution in [1.29, 1.82) is 0 Å². The SMILES string of the molecule is Cc1ccc(Cl)cc1Nc1ccc(C(N)=S)c(F)c1F. The molecule has 2 rings (SSSR count). The van der Waals surface area contributed by atoms with Gasteiger partial charge in [-0.3, -0.25) is 0 Å². The highest BCUT2D eigenvalue weighted by Crippen LogP contribution is 2.27. The zero-order valence-corrected chi connectivity index (χ0v) is 12.1. The van der Waals surface area contributed by atoms with Crippen molar-refractivity contribution < 1.29 is 8.78 Å². The number of anilines is 2. The number of hydrogen-bond acceptors (Lipinski definition) is 2. The van der Waals surface area contributed by atoms with Crippen molar-refractivity contribution in [1.82, 2.24) is 0 Å². The van der Waals surface area contributed by atoms with Crippen LogP contribution in [0.2, 0.25) is 5.02 Å². The molecule has 6 heteroatoms. The Balaban J connectivity index is 2.42. The van der Waals surface area contributed by atoms with Gasteiger partial charge in [-0.25, -0.2) is 8.78 Å². The molecule has 0 atom stereocenters. The molecule has 0 aromatic heterocycles. The number of rotatable bonds is 3. The van der Waals surface area contributed by atoms with Crippen molar-refractivity contribution in [3.8, 4) is 0 Å². The second kappa shape index (κ2) is 5.73. The lowest BCUT2D eigenvalue weighted by Crippen LogP contribution is -2.13. The van der Waals surface area contributed by atoms with Gasteiger partial charge in [0, 0.05) is 16.3 Å². The van der Waals surface area contributed by atoms with Gasteiger partial charge in [-0.2, -0.15) is 0 Å². The quantitative estimate of drug-likeness (QED) is 0.830. The minimum atomic E-state index is -1.07. The molecule has 0 saturated carbocycles. The summed E-state index contributed by atoms with van der Waals surface area (Å²) >= 11 is 10.5. The van der Waals surface area contributed by atoms with Gasteiger partial charge in [-0.15, -0.1) is 0 Å². The summed E-state index contributed by atoms with van der Waals surface area (Å²) in [6.45, 7) is 1.83. The molecule has 0 bridgehead atoms. The molecule has 0 amide bonds. The third-order valence-electron chi connectivity index (χ3n) is 2.82. The van der Waals surface area contributed by atoms with Gasteiger partial charge in [-0.05, 0) is 36.8 Å². The summed E-state index contributed by atoms with van der Waals surface area (Å²) in [6.07, 6.45) is 0. The van der Waals surface area contributed by atoms with Crippen molar-refractivity contribution in [2.24, 2.45) is 5.73 Å². The first-order valence-electron chi connectivity index (χ1n) is 5.71. The number of hydrogen-bond donors (Lipinski definition) is 2. The Kier molecular flexibility index (Phi) is 4.20. The Labute approximate surface area is 125 Å². The topological polar surface area (TPSA) is 38.0 Å². The molecule has 2 aromatic carbocycles. The summed E-state index contributed by atoms with van der Waals surface area (Å²) in [5.74, 6) is -2.10. The van der Waals surface area contributed by atoms with Crippen molar-refractivity contribution in [2.75, 3.05) is 5.32 Å². The van der Waals surface area contributed by atoms with Crippen LogP contribution in [0.15, 0.2) is 30.3 Å². The van der Waals surface area contributed by atoms with E-state index in [0.717, 1.165) is 5.56 Å². The smallest absolute Gasteiger partial charge is 0.182 e. The molecule has 3 N–H and O–H groups in total. The summed E-state index contributed by atoms with van der Waals surface area (Å²) in [4.78, 5) is -0.188. The Hall–Kier alpha value is -1.72. The molecule has 2 aromatic rings. The average Bonchev–Trinajstić information content (AvgIpc) is 2.39. The van der Waals surface area contributed by atoms with E-state index in [0.29, 0.717) is 10.7 Å². The fourth-order valence-corrected chi connectivity index (χ4v) is 2.04. The summed E-state index contributed by atoms with van der Waals surface area (Å²) in [5.41, 5.74) is 6.64. The molecule has 2 nitrogen and oxygen atoms in total. The second-order valence-corrected chi connectivity index (χ2v) is 5.11. The normalized spacial score (nSPS) is 10.4. The summed E-state index contributed by atoms with van der Waals surface area (Å²) in [5, 5.41) is 3.30. The van der Waals surface area contributed by atoms with Crippen molar-refractivity contribution >= 4 is 40.2 Å². The summed E-state index contributed by atoms with van der Waals surface area (Å²) in [7, 11) is 0. The predicted molar refractivity (Wildman–Crippen MR) is 81.7 cm³/mol. The van der Waals surface area contributed by atoms with Crippen LogP contribution in [-0.4, -0.2) is 4.99 Å². The van der Waals surface area contributed by atoms with Crippen molar-refractivity contribution in [2.45, 2.75) is 6.92 Å². The van der Waals surface area contributed by atoms with E-state index in [9.17, 15) is 8.78 Å². The minimum absolute atomic E-state index is 0.00660. The maximum Gasteiger partial charge on any atom is 0.182 e. The van der Waals surface area contributed by atoms with E-state index in [1.807, 2.05) is 6.92 Å². The monoisotopic (exact) mass is 312 g/mol. The molecular formula is C14H11ClF2N2S. The highest BCUT2D eigenvalue weighted by molar-refractivity contribution is 7.80. The van der Waals surface area contributed by atoms with Crippen LogP contribution < -0.4 is 11.1 Å². The first-order chi connectivity index (χ1) is 9.40. The van der Waals surface area contributed by atoms with Crippen LogP contribution in [0.3, 0.4) is 0 Å². The van der Waals surface area contributed by atoms with Gasteiger partial charge in [0.1, 0.15) is 4.99 Å². The van der Waals surface area contributed by atoms with Crippen LogP contribution in [0, 0.1) is 18.6 Å². The zero-order valence-electron chi connectivity index (χ0n) is 10.5. The largest absolute Gasteiger partial charge is 0.389 e. The van der Waals surface area contributed by atoms with E-state index in [-0.39, 0.29) is 16.2 Å². The fourth-order valence-electron chi connectivity index (χ4n) is 1.71. The van der Waals surface area contributed by atoms with Gasteiger partial charge in [-0.1, -0.05) is 29.9 Å². The molecule has 0 saturated heterocycles. The van der Waals surface area contributed by atoms with E-state index in [2.05, 4.69) is 17.5 Å². The van der Waals surface area contributed by atoms with E-state index >= 15 is 0 Å². The van der Waals surface area contributed by atoms with E-state index in [4.69, 9.17) is 17.3 Å². The van der Waals surface area contributed by atoms with Gasteiger partial charge >= 0.3 is 0 Å². The maximum absolute atomic E-state index is 14.0.